The summed E-state index contributed by atoms with van der Waals surface area (Å²) in [5, 5.41) is 15.6. The number of carboxylic acids is 1. The molecule has 0 aliphatic heterocycles. The van der Waals surface area contributed by atoms with Gasteiger partial charge < -0.3 is 10.4 Å². The Morgan fingerprint density at radius 1 is 1.30 bits per heavy atom. The van der Waals surface area contributed by atoms with Gasteiger partial charge in [0, 0.05) is 19.7 Å². The van der Waals surface area contributed by atoms with E-state index in [-0.39, 0.29) is 6.42 Å². The first kappa shape index (κ1) is 13.8. The van der Waals surface area contributed by atoms with Gasteiger partial charge in [-0.1, -0.05) is 30.3 Å². The maximum atomic E-state index is 12.0. The van der Waals surface area contributed by atoms with Gasteiger partial charge in [0.15, 0.2) is 0 Å². The van der Waals surface area contributed by atoms with Gasteiger partial charge in [-0.25, -0.2) is 4.79 Å². The topological polar surface area (TPSA) is 84.2 Å². The van der Waals surface area contributed by atoms with E-state index in [4.69, 9.17) is 0 Å². The molecule has 1 amide bonds. The van der Waals surface area contributed by atoms with E-state index in [0.717, 1.165) is 5.56 Å². The predicted octanol–water partition coefficient (Wildman–Crippen LogP) is 0.846. The van der Waals surface area contributed by atoms with Gasteiger partial charge >= 0.3 is 5.97 Å². The largest absolute Gasteiger partial charge is 0.480 e. The molecule has 2 N–H and O–H groups in total. The van der Waals surface area contributed by atoms with E-state index >= 15 is 0 Å². The lowest BCUT2D eigenvalue weighted by atomic mass is 10.1. The van der Waals surface area contributed by atoms with E-state index in [1.54, 1.807) is 7.05 Å². The number of aliphatic carboxylic acids is 1. The summed E-state index contributed by atoms with van der Waals surface area (Å²) in [4.78, 5) is 23.3. The fourth-order valence-electron chi connectivity index (χ4n) is 1.88. The summed E-state index contributed by atoms with van der Waals surface area (Å²) in [6, 6.07) is 9.73. The normalized spacial score (nSPS) is 11.8. The van der Waals surface area contributed by atoms with E-state index in [0.29, 0.717) is 5.69 Å². The molecule has 1 aromatic heterocycles. The highest BCUT2D eigenvalue weighted by atomic mass is 16.4. The third-order valence-electron chi connectivity index (χ3n) is 2.94. The fourth-order valence-corrected chi connectivity index (χ4v) is 1.88. The molecule has 2 aromatic rings. The molecular weight excluding hydrogens is 258 g/mol. The monoisotopic (exact) mass is 273 g/mol. The third kappa shape index (κ3) is 3.23. The molecule has 1 aromatic carbocycles. The highest BCUT2D eigenvalue weighted by molar-refractivity contribution is 5.95. The molecule has 6 heteroatoms. The molecule has 104 valence electrons. The third-order valence-corrected chi connectivity index (χ3v) is 2.94. The minimum Gasteiger partial charge on any atom is -0.480 e. The van der Waals surface area contributed by atoms with Gasteiger partial charge in [0.1, 0.15) is 11.7 Å². The maximum Gasteiger partial charge on any atom is 0.326 e. The first-order valence-corrected chi connectivity index (χ1v) is 6.13. The molecular formula is C14H15N3O3. The maximum absolute atomic E-state index is 12.0. The predicted molar refractivity (Wildman–Crippen MR) is 72.2 cm³/mol. The molecule has 0 bridgehead atoms. The summed E-state index contributed by atoms with van der Waals surface area (Å²) in [5.41, 5.74) is 1.18. The van der Waals surface area contributed by atoms with Crippen molar-refractivity contribution in [1.29, 1.82) is 0 Å². The lowest BCUT2D eigenvalue weighted by molar-refractivity contribution is -0.139. The smallest absolute Gasteiger partial charge is 0.326 e. The summed E-state index contributed by atoms with van der Waals surface area (Å²) in [6.07, 6.45) is 1.72. The van der Waals surface area contributed by atoms with Gasteiger partial charge in [-0.05, 0) is 11.6 Å². The van der Waals surface area contributed by atoms with Gasteiger partial charge in [-0.3, -0.25) is 9.48 Å². The van der Waals surface area contributed by atoms with E-state index in [1.807, 2.05) is 30.3 Å². The number of rotatable bonds is 5. The van der Waals surface area contributed by atoms with Crippen molar-refractivity contribution < 1.29 is 14.7 Å². The van der Waals surface area contributed by atoms with Crippen LogP contribution in [0.25, 0.3) is 0 Å². The van der Waals surface area contributed by atoms with Crippen LogP contribution in [0.5, 0.6) is 0 Å². The number of nitrogens with zero attached hydrogens (tertiary/aromatic N) is 2. The second-order valence-electron chi connectivity index (χ2n) is 4.39. The Bertz CT molecular complexity index is 607. The number of hydrogen-bond acceptors (Lipinski definition) is 3. The molecule has 6 nitrogen and oxygen atoms in total. The number of amides is 1. The van der Waals surface area contributed by atoms with Crippen LogP contribution in [0.4, 0.5) is 0 Å². The lowest BCUT2D eigenvalue weighted by Gasteiger charge is -2.14. The minimum absolute atomic E-state index is 0.236. The van der Waals surface area contributed by atoms with Crippen molar-refractivity contribution in [3.8, 4) is 0 Å². The van der Waals surface area contributed by atoms with Crippen molar-refractivity contribution in [1.82, 2.24) is 15.1 Å². The lowest BCUT2D eigenvalue weighted by Crippen LogP contribution is -2.42. The van der Waals surface area contributed by atoms with Crippen molar-refractivity contribution in [2.24, 2.45) is 7.05 Å². The summed E-state index contributed by atoms with van der Waals surface area (Å²) in [7, 11) is 1.63. The summed E-state index contributed by atoms with van der Waals surface area (Å²) in [5.74, 6) is -1.52. The molecule has 0 aliphatic carbocycles. The number of aryl methyl sites for hydroxylation is 1. The van der Waals surface area contributed by atoms with Gasteiger partial charge in [0.25, 0.3) is 5.91 Å². The summed E-state index contributed by atoms with van der Waals surface area (Å²) < 4.78 is 1.40. The van der Waals surface area contributed by atoms with Gasteiger partial charge in [-0.2, -0.15) is 5.10 Å². The van der Waals surface area contributed by atoms with Crippen LogP contribution >= 0.6 is 0 Å². The van der Waals surface area contributed by atoms with Crippen LogP contribution in [0.15, 0.2) is 42.6 Å². The Hall–Kier alpha value is -2.63. The quantitative estimate of drug-likeness (QED) is 0.845. The number of nitrogens with one attached hydrogen (secondary N) is 1. The standard InChI is InChI=1S/C14H15N3O3/c1-17-12(7-8-15-17)13(18)16-11(14(19)20)9-10-5-3-2-4-6-10/h2-8,11H,9H2,1H3,(H,16,18)(H,19,20)/t11-/m1/s1. The van der Waals surface area contributed by atoms with Crippen LogP contribution in [-0.2, 0) is 18.3 Å². The second kappa shape index (κ2) is 6.01. The van der Waals surface area contributed by atoms with Crippen molar-refractivity contribution in [2.75, 3.05) is 0 Å². The molecule has 0 saturated heterocycles. The van der Waals surface area contributed by atoms with Crippen molar-refractivity contribution in [2.45, 2.75) is 12.5 Å². The Kier molecular flexibility index (Phi) is 4.14. The molecule has 0 radical (unpaired) electrons. The summed E-state index contributed by atoms with van der Waals surface area (Å²) in [6.45, 7) is 0. The molecule has 1 heterocycles. The highest BCUT2D eigenvalue weighted by Gasteiger charge is 2.22. The first-order chi connectivity index (χ1) is 9.58. The molecule has 0 fully saturated rings. The Labute approximate surface area is 116 Å². The molecule has 0 spiro atoms. The fraction of sp³-hybridized carbons (Fsp3) is 0.214. The Morgan fingerprint density at radius 2 is 2.00 bits per heavy atom. The number of aromatic nitrogens is 2. The molecule has 0 aliphatic rings. The zero-order valence-corrected chi connectivity index (χ0v) is 11.0. The van der Waals surface area contributed by atoms with Gasteiger partial charge in [0.05, 0.1) is 0 Å². The zero-order valence-electron chi connectivity index (χ0n) is 11.0. The second-order valence-corrected chi connectivity index (χ2v) is 4.39. The minimum atomic E-state index is -1.07. The van der Waals surface area contributed by atoms with E-state index < -0.39 is 17.9 Å². The molecule has 20 heavy (non-hydrogen) atoms. The zero-order chi connectivity index (χ0) is 14.5. The number of carbonyl (C=O) groups is 2. The highest BCUT2D eigenvalue weighted by Crippen LogP contribution is 2.05. The SMILES string of the molecule is Cn1nccc1C(=O)N[C@H](Cc1ccccc1)C(=O)O. The van der Waals surface area contributed by atoms with Crippen molar-refractivity contribution in [3.05, 3.63) is 53.9 Å². The average molecular weight is 273 g/mol. The Balaban J connectivity index is 2.09. The van der Waals surface area contributed by atoms with Crippen LogP contribution in [0.3, 0.4) is 0 Å². The molecule has 0 saturated carbocycles. The van der Waals surface area contributed by atoms with Gasteiger partial charge in [0.2, 0.25) is 0 Å². The first-order valence-electron chi connectivity index (χ1n) is 6.13. The van der Waals surface area contributed by atoms with Crippen LogP contribution in [-0.4, -0.2) is 32.8 Å². The van der Waals surface area contributed by atoms with Crippen LogP contribution < -0.4 is 5.32 Å². The number of carbonyl (C=O) groups excluding carboxylic acids is 1. The van der Waals surface area contributed by atoms with E-state index in [9.17, 15) is 14.7 Å². The van der Waals surface area contributed by atoms with Crippen molar-refractivity contribution >= 4 is 11.9 Å². The number of hydrogen-bond donors (Lipinski definition) is 2. The van der Waals surface area contributed by atoms with Crippen LogP contribution in [0.2, 0.25) is 0 Å². The van der Waals surface area contributed by atoms with E-state index in [2.05, 4.69) is 10.4 Å². The Morgan fingerprint density at radius 3 is 2.55 bits per heavy atom. The van der Waals surface area contributed by atoms with Crippen LogP contribution in [0.1, 0.15) is 16.1 Å². The molecule has 1 atom stereocenters. The summed E-state index contributed by atoms with van der Waals surface area (Å²) >= 11 is 0. The number of carboxylic acid groups (broad SMARTS) is 1. The van der Waals surface area contributed by atoms with Crippen molar-refractivity contribution in [3.63, 3.8) is 0 Å². The molecule has 0 unspecified atom stereocenters. The van der Waals surface area contributed by atoms with E-state index in [1.165, 1.54) is 16.9 Å². The van der Waals surface area contributed by atoms with Gasteiger partial charge in [-0.15, -0.1) is 0 Å². The number of benzene rings is 1. The van der Waals surface area contributed by atoms with Crippen LogP contribution in [0, 0.1) is 0 Å². The average Bonchev–Trinajstić information content (AvgIpc) is 2.85. The molecule has 2 rings (SSSR count).